The number of aryl methyl sites for hydroxylation is 1. The summed E-state index contributed by atoms with van der Waals surface area (Å²) in [5, 5.41) is 10.5. The molecule has 1 N–H and O–H groups in total. The van der Waals surface area contributed by atoms with Crippen LogP contribution < -0.4 is 0 Å². The van der Waals surface area contributed by atoms with Gasteiger partial charge in [-0.25, -0.2) is 0 Å². The monoisotopic (exact) mass is 235 g/mol. The molecule has 1 aliphatic heterocycles. The van der Waals surface area contributed by atoms with Crippen LogP contribution in [-0.4, -0.2) is 42.9 Å². The van der Waals surface area contributed by atoms with E-state index in [0.717, 1.165) is 31.9 Å². The van der Waals surface area contributed by atoms with Gasteiger partial charge in [-0.2, -0.15) is 0 Å². The lowest BCUT2D eigenvalue weighted by atomic mass is 9.94. The van der Waals surface area contributed by atoms with E-state index in [9.17, 15) is 5.11 Å². The van der Waals surface area contributed by atoms with E-state index in [1.165, 1.54) is 5.56 Å². The maximum atomic E-state index is 10.5. The SMILES string of the molecule is Cc1ccc(C(C)(O)CN2CCOCC2)cc1. The van der Waals surface area contributed by atoms with Crippen LogP contribution in [0.4, 0.5) is 0 Å². The Morgan fingerprint density at radius 1 is 1.24 bits per heavy atom. The fraction of sp³-hybridized carbons (Fsp3) is 0.571. The summed E-state index contributed by atoms with van der Waals surface area (Å²) in [4.78, 5) is 2.25. The molecular formula is C14H21NO2. The van der Waals surface area contributed by atoms with E-state index in [2.05, 4.69) is 11.8 Å². The number of aliphatic hydroxyl groups is 1. The predicted molar refractivity (Wildman–Crippen MR) is 68.0 cm³/mol. The molecule has 0 spiro atoms. The molecule has 2 rings (SSSR count). The van der Waals surface area contributed by atoms with Crippen LogP contribution >= 0.6 is 0 Å². The van der Waals surface area contributed by atoms with Gasteiger partial charge in [0, 0.05) is 19.6 Å². The third kappa shape index (κ3) is 3.28. The van der Waals surface area contributed by atoms with Gasteiger partial charge in [0.15, 0.2) is 0 Å². The molecule has 1 unspecified atom stereocenters. The Morgan fingerprint density at radius 2 is 1.82 bits per heavy atom. The van der Waals surface area contributed by atoms with Crippen molar-refractivity contribution in [2.45, 2.75) is 19.4 Å². The minimum absolute atomic E-state index is 0.666. The van der Waals surface area contributed by atoms with Crippen molar-refractivity contribution < 1.29 is 9.84 Å². The number of hydrogen-bond donors (Lipinski definition) is 1. The molecule has 1 atom stereocenters. The van der Waals surface area contributed by atoms with Crippen molar-refractivity contribution in [3.05, 3.63) is 35.4 Å². The van der Waals surface area contributed by atoms with Crippen LogP contribution in [0.1, 0.15) is 18.1 Å². The smallest absolute Gasteiger partial charge is 0.0994 e. The maximum absolute atomic E-state index is 10.5. The van der Waals surface area contributed by atoms with E-state index in [4.69, 9.17) is 4.74 Å². The highest BCUT2D eigenvalue weighted by Gasteiger charge is 2.26. The average molecular weight is 235 g/mol. The third-order valence-corrected chi connectivity index (χ3v) is 3.31. The topological polar surface area (TPSA) is 32.7 Å². The molecule has 1 aliphatic rings. The van der Waals surface area contributed by atoms with Crippen LogP contribution in [0.3, 0.4) is 0 Å². The summed E-state index contributed by atoms with van der Waals surface area (Å²) in [5.41, 5.74) is 1.41. The van der Waals surface area contributed by atoms with Gasteiger partial charge in [-0.3, -0.25) is 4.90 Å². The van der Waals surface area contributed by atoms with Crippen LogP contribution in [-0.2, 0) is 10.3 Å². The molecule has 1 heterocycles. The molecule has 1 fully saturated rings. The molecule has 1 saturated heterocycles. The first-order valence-corrected chi connectivity index (χ1v) is 6.17. The van der Waals surface area contributed by atoms with Crippen LogP contribution in [0.15, 0.2) is 24.3 Å². The Hall–Kier alpha value is -0.900. The number of hydrogen-bond acceptors (Lipinski definition) is 3. The van der Waals surface area contributed by atoms with Gasteiger partial charge in [0.2, 0.25) is 0 Å². The van der Waals surface area contributed by atoms with Crippen LogP contribution in [0.5, 0.6) is 0 Å². The van der Waals surface area contributed by atoms with E-state index < -0.39 is 5.60 Å². The van der Waals surface area contributed by atoms with Gasteiger partial charge in [0.1, 0.15) is 0 Å². The second kappa shape index (κ2) is 5.17. The molecule has 0 saturated carbocycles. The molecule has 0 aromatic heterocycles. The average Bonchev–Trinajstić information content (AvgIpc) is 2.30. The number of nitrogens with zero attached hydrogens (tertiary/aromatic N) is 1. The second-order valence-electron chi connectivity index (χ2n) is 5.03. The predicted octanol–water partition coefficient (Wildman–Crippen LogP) is 1.53. The normalized spacial score (nSPS) is 21.1. The molecule has 0 aliphatic carbocycles. The Labute approximate surface area is 103 Å². The lowest BCUT2D eigenvalue weighted by molar-refractivity contribution is -0.0254. The molecule has 3 nitrogen and oxygen atoms in total. The number of β-amino-alcohol motifs (C(OH)–C–C–N with tert-alkyl or cyclic N) is 1. The zero-order chi connectivity index (χ0) is 12.3. The molecule has 94 valence electrons. The Balaban J connectivity index is 2.04. The highest BCUT2D eigenvalue weighted by molar-refractivity contribution is 5.26. The van der Waals surface area contributed by atoms with Crippen molar-refractivity contribution in [2.24, 2.45) is 0 Å². The lowest BCUT2D eigenvalue weighted by Crippen LogP contribution is -2.44. The Morgan fingerprint density at radius 3 is 2.41 bits per heavy atom. The number of rotatable bonds is 3. The van der Waals surface area contributed by atoms with Gasteiger partial charge in [-0.1, -0.05) is 29.8 Å². The maximum Gasteiger partial charge on any atom is 0.0994 e. The number of morpholine rings is 1. The first-order valence-electron chi connectivity index (χ1n) is 6.17. The largest absolute Gasteiger partial charge is 0.384 e. The van der Waals surface area contributed by atoms with Crippen LogP contribution in [0.25, 0.3) is 0 Å². The summed E-state index contributed by atoms with van der Waals surface area (Å²) in [7, 11) is 0. The molecular weight excluding hydrogens is 214 g/mol. The quantitative estimate of drug-likeness (QED) is 0.862. The molecule has 17 heavy (non-hydrogen) atoms. The van der Waals surface area contributed by atoms with E-state index in [-0.39, 0.29) is 0 Å². The van der Waals surface area contributed by atoms with Crippen molar-refractivity contribution >= 4 is 0 Å². The van der Waals surface area contributed by atoms with Crippen molar-refractivity contribution in [3.8, 4) is 0 Å². The molecule has 1 aromatic carbocycles. The minimum atomic E-state index is -0.787. The van der Waals surface area contributed by atoms with Crippen molar-refractivity contribution in [2.75, 3.05) is 32.8 Å². The summed E-state index contributed by atoms with van der Waals surface area (Å²) in [6, 6.07) is 8.11. The minimum Gasteiger partial charge on any atom is -0.384 e. The van der Waals surface area contributed by atoms with Gasteiger partial charge in [0.25, 0.3) is 0 Å². The molecule has 0 bridgehead atoms. The van der Waals surface area contributed by atoms with Gasteiger partial charge in [0.05, 0.1) is 18.8 Å². The van der Waals surface area contributed by atoms with E-state index in [1.54, 1.807) is 0 Å². The first-order chi connectivity index (χ1) is 8.08. The Kier molecular flexibility index (Phi) is 3.82. The lowest BCUT2D eigenvalue weighted by Gasteiger charge is -2.34. The van der Waals surface area contributed by atoms with Crippen molar-refractivity contribution in [1.29, 1.82) is 0 Å². The van der Waals surface area contributed by atoms with Crippen LogP contribution in [0, 0.1) is 6.92 Å². The third-order valence-electron chi connectivity index (χ3n) is 3.31. The summed E-state index contributed by atoms with van der Waals surface area (Å²) in [6.45, 7) is 7.95. The fourth-order valence-electron chi connectivity index (χ4n) is 2.20. The zero-order valence-electron chi connectivity index (χ0n) is 10.6. The first kappa shape index (κ1) is 12.6. The summed E-state index contributed by atoms with van der Waals surface area (Å²) < 4.78 is 5.31. The van der Waals surface area contributed by atoms with E-state index in [1.807, 2.05) is 31.2 Å². The van der Waals surface area contributed by atoms with Crippen molar-refractivity contribution in [1.82, 2.24) is 4.90 Å². The second-order valence-corrected chi connectivity index (χ2v) is 5.03. The van der Waals surface area contributed by atoms with Gasteiger partial charge in [-0.05, 0) is 19.4 Å². The highest BCUT2D eigenvalue weighted by atomic mass is 16.5. The summed E-state index contributed by atoms with van der Waals surface area (Å²) >= 11 is 0. The van der Waals surface area contributed by atoms with Gasteiger partial charge >= 0.3 is 0 Å². The molecule has 3 heteroatoms. The van der Waals surface area contributed by atoms with E-state index >= 15 is 0 Å². The van der Waals surface area contributed by atoms with Crippen LogP contribution in [0.2, 0.25) is 0 Å². The highest BCUT2D eigenvalue weighted by Crippen LogP contribution is 2.22. The molecule has 0 radical (unpaired) electrons. The molecule has 0 amide bonds. The standard InChI is InChI=1S/C14H21NO2/c1-12-3-5-13(6-4-12)14(2,16)11-15-7-9-17-10-8-15/h3-6,16H,7-11H2,1-2H3. The van der Waals surface area contributed by atoms with Gasteiger partial charge < -0.3 is 9.84 Å². The Bertz CT molecular complexity index is 353. The zero-order valence-corrected chi connectivity index (χ0v) is 10.6. The fourth-order valence-corrected chi connectivity index (χ4v) is 2.20. The summed E-state index contributed by atoms with van der Waals surface area (Å²) in [5.74, 6) is 0. The molecule has 1 aromatic rings. The number of ether oxygens (including phenoxy) is 1. The number of benzene rings is 1. The van der Waals surface area contributed by atoms with Crippen molar-refractivity contribution in [3.63, 3.8) is 0 Å². The summed E-state index contributed by atoms with van der Waals surface area (Å²) in [6.07, 6.45) is 0. The van der Waals surface area contributed by atoms with E-state index in [0.29, 0.717) is 6.54 Å². The van der Waals surface area contributed by atoms with Gasteiger partial charge in [-0.15, -0.1) is 0 Å².